The van der Waals surface area contributed by atoms with E-state index < -0.39 is 6.04 Å². The van der Waals surface area contributed by atoms with Crippen LogP contribution in [0.1, 0.15) is 44.4 Å². The van der Waals surface area contributed by atoms with Gasteiger partial charge in [0.25, 0.3) is 0 Å². The Hall–Kier alpha value is -1.39. The lowest BCUT2D eigenvalue weighted by Crippen LogP contribution is -2.36. The van der Waals surface area contributed by atoms with Gasteiger partial charge in [0, 0.05) is 13.2 Å². The summed E-state index contributed by atoms with van der Waals surface area (Å²) in [5, 5.41) is 3.34. The number of hydrogen-bond acceptors (Lipinski definition) is 4. The van der Waals surface area contributed by atoms with Crippen LogP contribution in [-0.4, -0.2) is 25.7 Å². The number of benzene rings is 1. The highest BCUT2D eigenvalue weighted by atomic mass is 16.5. The molecule has 0 aliphatic rings. The van der Waals surface area contributed by atoms with Gasteiger partial charge < -0.3 is 9.47 Å². The first kappa shape index (κ1) is 16.7. The Labute approximate surface area is 121 Å². The zero-order valence-corrected chi connectivity index (χ0v) is 12.8. The molecule has 4 nitrogen and oxygen atoms in total. The monoisotopic (exact) mass is 279 g/mol. The highest BCUT2D eigenvalue weighted by Crippen LogP contribution is 2.21. The number of carbonyl (C=O) groups is 1. The Bertz CT molecular complexity index is 420. The molecule has 1 rings (SSSR count). The van der Waals surface area contributed by atoms with Gasteiger partial charge in [0.2, 0.25) is 0 Å². The largest absolute Gasteiger partial charge is 0.465 e. The first-order chi connectivity index (χ1) is 9.63. The maximum Gasteiger partial charge on any atom is 0.327 e. The smallest absolute Gasteiger partial charge is 0.327 e. The van der Waals surface area contributed by atoms with Crippen LogP contribution in [0.3, 0.4) is 0 Å². The molecule has 0 aliphatic carbocycles. The van der Waals surface area contributed by atoms with Gasteiger partial charge in [-0.3, -0.25) is 5.32 Å². The van der Waals surface area contributed by atoms with Gasteiger partial charge in [-0.25, -0.2) is 4.79 Å². The minimum atomic E-state index is -0.448. The van der Waals surface area contributed by atoms with Crippen LogP contribution in [0.15, 0.2) is 24.3 Å². The van der Waals surface area contributed by atoms with Crippen molar-refractivity contribution < 1.29 is 14.3 Å². The first-order valence-electron chi connectivity index (χ1n) is 7.13. The van der Waals surface area contributed by atoms with Crippen LogP contribution < -0.4 is 5.32 Å². The molecule has 0 radical (unpaired) electrons. The van der Waals surface area contributed by atoms with Crippen molar-refractivity contribution in [3.05, 3.63) is 35.4 Å². The molecule has 1 aromatic rings. The standard InChI is InChI=1S/C16H25NO3/c1-5-12(3)17-15(16(18)20-6-2)14-10-8-7-9-13(14)11-19-4/h7-10,12,15,17H,5-6,11H2,1-4H3. The number of methoxy groups -OCH3 is 1. The van der Waals surface area contributed by atoms with Crippen LogP contribution in [0.25, 0.3) is 0 Å². The van der Waals surface area contributed by atoms with Crippen molar-refractivity contribution in [2.45, 2.75) is 45.9 Å². The van der Waals surface area contributed by atoms with E-state index in [0.29, 0.717) is 13.2 Å². The molecule has 2 unspecified atom stereocenters. The summed E-state index contributed by atoms with van der Waals surface area (Å²) in [6.07, 6.45) is 0.947. The molecule has 0 saturated heterocycles. The molecule has 2 atom stereocenters. The number of carbonyl (C=O) groups excluding carboxylic acids is 1. The molecule has 0 aromatic heterocycles. The van der Waals surface area contributed by atoms with E-state index in [1.807, 2.05) is 31.2 Å². The second kappa shape index (κ2) is 8.72. The van der Waals surface area contributed by atoms with Crippen LogP contribution in [0.5, 0.6) is 0 Å². The second-order valence-electron chi connectivity index (χ2n) is 4.79. The van der Waals surface area contributed by atoms with Crippen LogP contribution in [0.4, 0.5) is 0 Å². The molecule has 0 fully saturated rings. The second-order valence-corrected chi connectivity index (χ2v) is 4.79. The van der Waals surface area contributed by atoms with E-state index in [-0.39, 0.29) is 12.0 Å². The zero-order valence-electron chi connectivity index (χ0n) is 12.8. The molecule has 0 spiro atoms. The summed E-state index contributed by atoms with van der Waals surface area (Å²) >= 11 is 0. The Morgan fingerprint density at radius 1 is 1.30 bits per heavy atom. The summed E-state index contributed by atoms with van der Waals surface area (Å²) in [5.74, 6) is -0.239. The maximum absolute atomic E-state index is 12.2. The quantitative estimate of drug-likeness (QED) is 0.743. The SMILES string of the molecule is CCOC(=O)C(NC(C)CC)c1ccccc1COC. The summed E-state index contributed by atoms with van der Waals surface area (Å²) in [5.41, 5.74) is 1.93. The van der Waals surface area contributed by atoms with Crippen molar-refractivity contribution >= 4 is 5.97 Å². The molecule has 0 bridgehead atoms. The first-order valence-corrected chi connectivity index (χ1v) is 7.13. The zero-order chi connectivity index (χ0) is 15.0. The van der Waals surface area contributed by atoms with Gasteiger partial charge in [0.05, 0.1) is 13.2 Å². The van der Waals surface area contributed by atoms with Gasteiger partial charge in [-0.2, -0.15) is 0 Å². The third-order valence-electron chi connectivity index (χ3n) is 3.25. The number of hydrogen-bond donors (Lipinski definition) is 1. The topological polar surface area (TPSA) is 47.6 Å². The predicted molar refractivity (Wildman–Crippen MR) is 79.4 cm³/mol. The van der Waals surface area contributed by atoms with Crippen molar-refractivity contribution in [3.8, 4) is 0 Å². The fourth-order valence-corrected chi connectivity index (χ4v) is 2.02. The third-order valence-corrected chi connectivity index (χ3v) is 3.25. The van der Waals surface area contributed by atoms with Gasteiger partial charge in [0.15, 0.2) is 0 Å². The minimum absolute atomic E-state index is 0.236. The molecule has 0 saturated carbocycles. The Balaban J connectivity index is 3.05. The van der Waals surface area contributed by atoms with E-state index >= 15 is 0 Å². The minimum Gasteiger partial charge on any atom is -0.465 e. The van der Waals surface area contributed by atoms with Crippen molar-refractivity contribution in [3.63, 3.8) is 0 Å². The highest BCUT2D eigenvalue weighted by Gasteiger charge is 2.25. The molecular weight excluding hydrogens is 254 g/mol. The lowest BCUT2D eigenvalue weighted by Gasteiger charge is -2.23. The lowest BCUT2D eigenvalue weighted by molar-refractivity contribution is -0.146. The molecule has 0 amide bonds. The van der Waals surface area contributed by atoms with Gasteiger partial charge >= 0.3 is 5.97 Å². The van der Waals surface area contributed by atoms with Crippen LogP contribution in [-0.2, 0) is 20.9 Å². The normalized spacial score (nSPS) is 13.8. The fourth-order valence-electron chi connectivity index (χ4n) is 2.02. The molecule has 1 N–H and O–H groups in total. The van der Waals surface area contributed by atoms with Gasteiger partial charge in [0.1, 0.15) is 6.04 Å². The van der Waals surface area contributed by atoms with Gasteiger partial charge in [-0.15, -0.1) is 0 Å². The van der Waals surface area contributed by atoms with Crippen molar-refractivity contribution in [1.29, 1.82) is 0 Å². The molecule has 0 heterocycles. The maximum atomic E-state index is 12.2. The Morgan fingerprint density at radius 2 is 2.00 bits per heavy atom. The van der Waals surface area contributed by atoms with Crippen LogP contribution in [0.2, 0.25) is 0 Å². The average molecular weight is 279 g/mol. The summed E-state index contributed by atoms with van der Waals surface area (Å²) < 4.78 is 10.4. The summed E-state index contributed by atoms with van der Waals surface area (Å²) in [6.45, 7) is 6.82. The summed E-state index contributed by atoms with van der Waals surface area (Å²) in [7, 11) is 1.65. The van der Waals surface area contributed by atoms with Gasteiger partial charge in [-0.1, -0.05) is 31.2 Å². The van der Waals surface area contributed by atoms with E-state index in [4.69, 9.17) is 9.47 Å². The molecule has 112 valence electrons. The number of ether oxygens (including phenoxy) is 2. The van der Waals surface area contributed by atoms with Gasteiger partial charge in [-0.05, 0) is 31.4 Å². The van der Waals surface area contributed by atoms with Crippen molar-refractivity contribution in [2.75, 3.05) is 13.7 Å². The van der Waals surface area contributed by atoms with E-state index in [0.717, 1.165) is 17.5 Å². The Kier molecular flexibility index (Phi) is 7.26. The molecule has 20 heavy (non-hydrogen) atoms. The average Bonchev–Trinajstić information content (AvgIpc) is 2.46. The Morgan fingerprint density at radius 3 is 2.60 bits per heavy atom. The molecule has 1 aromatic carbocycles. The number of nitrogens with one attached hydrogen (secondary N) is 1. The molecule has 4 heteroatoms. The fraction of sp³-hybridized carbons (Fsp3) is 0.562. The number of rotatable bonds is 8. The van der Waals surface area contributed by atoms with E-state index in [9.17, 15) is 4.79 Å². The summed E-state index contributed by atoms with van der Waals surface area (Å²) in [6, 6.07) is 7.59. The number of esters is 1. The van der Waals surface area contributed by atoms with E-state index in [2.05, 4.69) is 19.2 Å². The third kappa shape index (κ3) is 4.62. The van der Waals surface area contributed by atoms with E-state index in [1.165, 1.54) is 0 Å². The predicted octanol–water partition coefficient (Wildman–Crippen LogP) is 2.83. The van der Waals surface area contributed by atoms with Crippen LogP contribution >= 0.6 is 0 Å². The van der Waals surface area contributed by atoms with E-state index in [1.54, 1.807) is 7.11 Å². The van der Waals surface area contributed by atoms with Crippen LogP contribution in [0, 0.1) is 0 Å². The summed E-state index contributed by atoms with van der Waals surface area (Å²) in [4.78, 5) is 12.2. The highest BCUT2D eigenvalue weighted by molar-refractivity contribution is 5.78. The molecular formula is C16H25NO3. The van der Waals surface area contributed by atoms with Crippen molar-refractivity contribution in [1.82, 2.24) is 5.32 Å². The molecule has 0 aliphatic heterocycles. The lowest BCUT2D eigenvalue weighted by atomic mass is 9.99. The van der Waals surface area contributed by atoms with Crippen molar-refractivity contribution in [2.24, 2.45) is 0 Å².